The van der Waals surface area contributed by atoms with E-state index in [0.29, 0.717) is 28.6 Å². The molecule has 0 aliphatic rings. The van der Waals surface area contributed by atoms with Crippen LogP contribution in [0.2, 0.25) is 0 Å². The van der Waals surface area contributed by atoms with Gasteiger partial charge in [-0.05, 0) is 42.5 Å². The van der Waals surface area contributed by atoms with E-state index in [-0.39, 0.29) is 11.3 Å². The molecule has 0 saturated carbocycles. The summed E-state index contributed by atoms with van der Waals surface area (Å²) in [7, 11) is 2.92. The summed E-state index contributed by atoms with van der Waals surface area (Å²) in [5.41, 5.74) is 2.15. The minimum absolute atomic E-state index is 0.0227. The number of ether oxygens (including phenoxy) is 3. The van der Waals surface area contributed by atoms with Crippen LogP contribution in [0.3, 0.4) is 0 Å². The molecule has 2 aromatic heterocycles. The van der Waals surface area contributed by atoms with Crippen molar-refractivity contribution >= 4 is 17.3 Å². The van der Waals surface area contributed by atoms with E-state index >= 15 is 0 Å². The Morgan fingerprint density at radius 2 is 1.65 bits per heavy atom. The second-order valence-corrected chi connectivity index (χ2v) is 6.49. The SMILES string of the molecule is COc1cccc(OC)c1C(=O)Oc1ccc(-c2cn3cc([N+](=O)[O-])ccc3n2)cc1. The number of hydrogen-bond donors (Lipinski definition) is 0. The van der Waals surface area contributed by atoms with Crippen molar-refractivity contribution in [1.29, 1.82) is 0 Å². The van der Waals surface area contributed by atoms with Gasteiger partial charge in [-0.1, -0.05) is 6.07 Å². The zero-order valence-electron chi connectivity index (χ0n) is 16.6. The number of esters is 1. The summed E-state index contributed by atoms with van der Waals surface area (Å²) >= 11 is 0. The summed E-state index contributed by atoms with van der Waals surface area (Å²) < 4.78 is 17.6. The molecule has 0 aliphatic carbocycles. The molecule has 0 saturated heterocycles. The molecule has 4 aromatic rings. The summed E-state index contributed by atoms with van der Waals surface area (Å²) in [4.78, 5) is 27.6. The normalized spacial score (nSPS) is 10.6. The number of nitrogens with zero attached hydrogens (tertiary/aromatic N) is 3. The minimum Gasteiger partial charge on any atom is -0.496 e. The highest BCUT2D eigenvalue weighted by Gasteiger charge is 2.20. The van der Waals surface area contributed by atoms with Gasteiger partial charge in [-0.15, -0.1) is 0 Å². The van der Waals surface area contributed by atoms with Crippen LogP contribution in [0, 0.1) is 10.1 Å². The zero-order chi connectivity index (χ0) is 22.0. The van der Waals surface area contributed by atoms with Gasteiger partial charge < -0.3 is 14.2 Å². The highest BCUT2D eigenvalue weighted by atomic mass is 16.6. The number of fused-ring (bicyclic) bond motifs is 1. The fourth-order valence-corrected chi connectivity index (χ4v) is 3.13. The van der Waals surface area contributed by atoms with Gasteiger partial charge in [-0.2, -0.15) is 0 Å². The van der Waals surface area contributed by atoms with Gasteiger partial charge in [-0.25, -0.2) is 9.78 Å². The number of pyridine rings is 1. The van der Waals surface area contributed by atoms with E-state index in [9.17, 15) is 14.9 Å². The standard InChI is InChI=1S/C22H17N3O6/c1-29-18-4-3-5-19(30-2)21(18)22(26)31-16-9-6-14(7-10-16)17-13-24-12-15(25(27)28)8-11-20(24)23-17/h3-13H,1-2H3. The maximum absolute atomic E-state index is 12.7. The number of benzene rings is 2. The van der Waals surface area contributed by atoms with Gasteiger partial charge in [0.15, 0.2) is 0 Å². The molecule has 156 valence electrons. The van der Waals surface area contributed by atoms with E-state index in [4.69, 9.17) is 14.2 Å². The van der Waals surface area contributed by atoms with E-state index in [1.165, 1.54) is 26.5 Å². The fraction of sp³-hybridized carbons (Fsp3) is 0.0909. The summed E-state index contributed by atoms with van der Waals surface area (Å²) in [6.45, 7) is 0. The maximum Gasteiger partial charge on any atom is 0.351 e. The zero-order valence-corrected chi connectivity index (χ0v) is 16.6. The van der Waals surface area contributed by atoms with E-state index in [1.807, 2.05) is 0 Å². The largest absolute Gasteiger partial charge is 0.496 e. The van der Waals surface area contributed by atoms with E-state index in [0.717, 1.165) is 5.56 Å². The topological polar surface area (TPSA) is 105 Å². The second-order valence-electron chi connectivity index (χ2n) is 6.49. The van der Waals surface area contributed by atoms with Crippen LogP contribution in [0.5, 0.6) is 17.2 Å². The molecule has 0 radical (unpaired) electrons. The number of nitro groups is 1. The molecular weight excluding hydrogens is 402 g/mol. The first-order valence-electron chi connectivity index (χ1n) is 9.17. The molecule has 0 N–H and O–H groups in total. The molecule has 9 nitrogen and oxygen atoms in total. The lowest BCUT2D eigenvalue weighted by Gasteiger charge is -2.12. The van der Waals surface area contributed by atoms with Crippen LogP contribution >= 0.6 is 0 Å². The summed E-state index contributed by atoms with van der Waals surface area (Å²) in [6, 6.07) is 14.8. The van der Waals surface area contributed by atoms with Gasteiger partial charge in [0.25, 0.3) is 5.69 Å². The van der Waals surface area contributed by atoms with Crippen molar-refractivity contribution in [1.82, 2.24) is 9.38 Å². The predicted molar refractivity (Wildman–Crippen MR) is 112 cm³/mol. The number of hydrogen-bond acceptors (Lipinski definition) is 7. The monoisotopic (exact) mass is 419 g/mol. The molecule has 31 heavy (non-hydrogen) atoms. The molecule has 0 amide bonds. The fourth-order valence-electron chi connectivity index (χ4n) is 3.13. The third-order valence-electron chi connectivity index (χ3n) is 4.64. The summed E-state index contributed by atoms with van der Waals surface area (Å²) in [5, 5.41) is 10.9. The highest BCUT2D eigenvalue weighted by Crippen LogP contribution is 2.30. The summed E-state index contributed by atoms with van der Waals surface area (Å²) in [5.74, 6) is 0.419. The summed E-state index contributed by atoms with van der Waals surface area (Å²) in [6.07, 6.45) is 3.10. The Kier molecular flexibility index (Phi) is 5.23. The van der Waals surface area contributed by atoms with E-state index in [2.05, 4.69) is 4.98 Å². The van der Waals surface area contributed by atoms with Crippen molar-refractivity contribution in [3.8, 4) is 28.5 Å². The Hall–Kier alpha value is -4.40. The van der Waals surface area contributed by atoms with E-state index in [1.54, 1.807) is 59.1 Å². The molecule has 9 heteroatoms. The first kappa shape index (κ1) is 19.9. The number of aromatic nitrogens is 2. The first-order valence-corrected chi connectivity index (χ1v) is 9.17. The number of carbonyl (C=O) groups is 1. The van der Waals surface area contributed by atoms with Crippen LogP contribution in [-0.4, -0.2) is 34.5 Å². The Morgan fingerprint density at radius 1 is 0.968 bits per heavy atom. The molecular formula is C22H17N3O6. The molecule has 0 atom stereocenters. The Labute approximate surface area is 176 Å². The predicted octanol–water partition coefficient (Wildman–Crippen LogP) is 4.15. The van der Waals surface area contributed by atoms with Gasteiger partial charge in [0.2, 0.25) is 0 Å². The average molecular weight is 419 g/mol. The average Bonchev–Trinajstić information content (AvgIpc) is 3.22. The van der Waals surface area contributed by atoms with Crippen molar-refractivity contribution in [2.45, 2.75) is 0 Å². The van der Waals surface area contributed by atoms with Crippen molar-refractivity contribution in [3.63, 3.8) is 0 Å². The number of carbonyl (C=O) groups excluding carboxylic acids is 1. The third-order valence-corrected chi connectivity index (χ3v) is 4.64. The lowest BCUT2D eigenvalue weighted by atomic mass is 10.1. The number of rotatable bonds is 6. The lowest BCUT2D eigenvalue weighted by Crippen LogP contribution is -2.11. The van der Waals surface area contributed by atoms with Crippen molar-refractivity contribution < 1.29 is 23.9 Å². The van der Waals surface area contributed by atoms with Gasteiger partial charge >= 0.3 is 5.97 Å². The lowest BCUT2D eigenvalue weighted by molar-refractivity contribution is -0.385. The van der Waals surface area contributed by atoms with Gasteiger partial charge in [-0.3, -0.25) is 14.5 Å². The smallest absolute Gasteiger partial charge is 0.351 e. The molecule has 0 fully saturated rings. The Balaban J connectivity index is 1.57. The van der Waals surface area contributed by atoms with Crippen LogP contribution in [-0.2, 0) is 0 Å². The third kappa shape index (κ3) is 3.88. The van der Waals surface area contributed by atoms with Crippen molar-refractivity contribution in [2.24, 2.45) is 0 Å². The van der Waals surface area contributed by atoms with Crippen molar-refractivity contribution in [2.75, 3.05) is 14.2 Å². The van der Waals surface area contributed by atoms with Crippen LogP contribution in [0.25, 0.3) is 16.9 Å². The highest BCUT2D eigenvalue weighted by molar-refractivity contribution is 5.97. The van der Waals surface area contributed by atoms with Crippen LogP contribution < -0.4 is 14.2 Å². The van der Waals surface area contributed by atoms with Gasteiger partial charge in [0.1, 0.15) is 28.5 Å². The van der Waals surface area contributed by atoms with Crippen LogP contribution in [0.4, 0.5) is 5.69 Å². The number of methoxy groups -OCH3 is 2. The molecule has 0 aliphatic heterocycles. The van der Waals surface area contributed by atoms with Gasteiger partial charge in [0.05, 0.1) is 31.0 Å². The molecule has 4 rings (SSSR count). The minimum atomic E-state index is -0.609. The molecule has 0 unspecified atom stereocenters. The number of imidazole rings is 1. The quantitative estimate of drug-likeness (QED) is 0.200. The maximum atomic E-state index is 12.7. The molecule has 0 bridgehead atoms. The first-order chi connectivity index (χ1) is 15.0. The Bertz CT molecular complexity index is 1260. The molecule has 0 spiro atoms. The van der Waals surface area contributed by atoms with Crippen molar-refractivity contribution in [3.05, 3.63) is 82.7 Å². The van der Waals surface area contributed by atoms with Crippen LogP contribution in [0.15, 0.2) is 67.0 Å². The Morgan fingerprint density at radius 3 is 2.26 bits per heavy atom. The molecule has 2 heterocycles. The van der Waals surface area contributed by atoms with E-state index < -0.39 is 10.9 Å². The van der Waals surface area contributed by atoms with Gasteiger partial charge in [0, 0.05) is 17.8 Å². The van der Waals surface area contributed by atoms with Crippen LogP contribution in [0.1, 0.15) is 10.4 Å². The molecule has 2 aromatic carbocycles. The second kappa shape index (κ2) is 8.15.